The summed E-state index contributed by atoms with van der Waals surface area (Å²) in [6.45, 7) is 4.63. The molecule has 1 heteroatoms. The first-order chi connectivity index (χ1) is 6.77. The van der Waals surface area contributed by atoms with E-state index in [9.17, 15) is 0 Å². The number of hydrogen-bond acceptors (Lipinski definition) is 1. The van der Waals surface area contributed by atoms with Crippen LogP contribution < -0.4 is 0 Å². The lowest BCUT2D eigenvalue weighted by Crippen LogP contribution is -1.87. The van der Waals surface area contributed by atoms with Gasteiger partial charge in [-0.3, -0.25) is 0 Å². The van der Waals surface area contributed by atoms with E-state index < -0.39 is 0 Å². The van der Waals surface area contributed by atoms with Crippen LogP contribution in [0.4, 0.5) is 0 Å². The molecular weight excluding hydrogens is 188 g/mol. The summed E-state index contributed by atoms with van der Waals surface area (Å²) in [5.74, 6) is 1.96. The molecule has 0 aromatic rings. The quantitative estimate of drug-likeness (QED) is 0.382. The molecule has 0 amide bonds. The summed E-state index contributed by atoms with van der Waals surface area (Å²) in [6.07, 6.45) is 12.8. The second-order valence-electron chi connectivity index (χ2n) is 4.73. The number of hydrogen-bond donors (Lipinski definition) is 1. The van der Waals surface area contributed by atoms with Crippen molar-refractivity contribution >= 4 is 12.6 Å². The Labute approximate surface area is 96.3 Å². The first-order valence-electron chi connectivity index (χ1n) is 6.38. The molecule has 86 valence electrons. The van der Waals surface area contributed by atoms with Gasteiger partial charge in [0.15, 0.2) is 0 Å². The van der Waals surface area contributed by atoms with Crippen LogP contribution in [0.15, 0.2) is 0 Å². The van der Waals surface area contributed by atoms with Crippen LogP contribution in [0.2, 0.25) is 0 Å². The van der Waals surface area contributed by atoms with Crippen LogP contribution in [-0.4, -0.2) is 5.75 Å². The van der Waals surface area contributed by atoms with Gasteiger partial charge in [-0.15, -0.1) is 0 Å². The lowest BCUT2D eigenvalue weighted by molar-refractivity contribution is 0.509. The lowest BCUT2D eigenvalue weighted by atomic mass is 10.0. The Kier molecular flexibility index (Phi) is 11.7. The molecule has 0 radical (unpaired) electrons. The van der Waals surface area contributed by atoms with Crippen LogP contribution in [-0.2, 0) is 0 Å². The Hall–Kier alpha value is 0.350. The van der Waals surface area contributed by atoms with E-state index in [0.29, 0.717) is 0 Å². The highest BCUT2D eigenvalue weighted by Gasteiger charge is 1.94. The van der Waals surface area contributed by atoms with Gasteiger partial charge in [-0.2, -0.15) is 12.6 Å². The predicted molar refractivity (Wildman–Crippen MR) is 70.2 cm³/mol. The summed E-state index contributed by atoms with van der Waals surface area (Å²) in [7, 11) is 0. The van der Waals surface area contributed by atoms with Crippen LogP contribution in [0.1, 0.15) is 71.6 Å². The van der Waals surface area contributed by atoms with E-state index in [2.05, 4.69) is 26.5 Å². The Bertz CT molecular complexity index is 99.4. The van der Waals surface area contributed by atoms with E-state index in [1.807, 2.05) is 0 Å². The maximum absolute atomic E-state index is 4.21. The van der Waals surface area contributed by atoms with Crippen molar-refractivity contribution in [2.75, 3.05) is 5.75 Å². The normalized spacial score (nSPS) is 11.1. The van der Waals surface area contributed by atoms with Crippen molar-refractivity contribution < 1.29 is 0 Å². The number of rotatable bonds is 10. The molecule has 14 heavy (non-hydrogen) atoms. The zero-order valence-corrected chi connectivity index (χ0v) is 11.0. The van der Waals surface area contributed by atoms with Gasteiger partial charge in [0.2, 0.25) is 0 Å². The molecule has 0 unspecified atom stereocenters. The Morgan fingerprint density at radius 3 is 1.57 bits per heavy atom. The highest BCUT2D eigenvalue weighted by molar-refractivity contribution is 7.80. The summed E-state index contributed by atoms with van der Waals surface area (Å²) in [4.78, 5) is 0. The van der Waals surface area contributed by atoms with Gasteiger partial charge >= 0.3 is 0 Å². The fraction of sp³-hybridized carbons (Fsp3) is 1.00. The molecule has 0 heterocycles. The lowest BCUT2D eigenvalue weighted by Gasteiger charge is -2.04. The smallest absolute Gasteiger partial charge is 0.00979 e. The summed E-state index contributed by atoms with van der Waals surface area (Å²) < 4.78 is 0. The van der Waals surface area contributed by atoms with Crippen molar-refractivity contribution in [1.29, 1.82) is 0 Å². The Morgan fingerprint density at radius 2 is 1.14 bits per heavy atom. The van der Waals surface area contributed by atoms with Crippen molar-refractivity contribution in [3.8, 4) is 0 Å². The molecule has 0 aliphatic carbocycles. The van der Waals surface area contributed by atoms with E-state index in [-0.39, 0.29) is 0 Å². The summed E-state index contributed by atoms with van der Waals surface area (Å²) in [5, 5.41) is 0. The highest BCUT2D eigenvalue weighted by atomic mass is 32.1. The SMILES string of the molecule is CC(C)CCCCCCCCCCS. The maximum atomic E-state index is 4.21. The predicted octanol–water partition coefficient (Wildman–Crippen LogP) is 5.08. The van der Waals surface area contributed by atoms with E-state index in [0.717, 1.165) is 11.7 Å². The van der Waals surface area contributed by atoms with Crippen LogP contribution >= 0.6 is 12.6 Å². The largest absolute Gasteiger partial charge is 0.179 e. The van der Waals surface area contributed by atoms with E-state index in [1.54, 1.807) is 0 Å². The fourth-order valence-electron chi connectivity index (χ4n) is 1.73. The van der Waals surface area contributed by atoms with Crippen molar-refractivity contribution in [2.24, 2.45) is 5.92 Å². The monoisotopic (exact) mass is 216 g/mol. The molecule has 0 aromatic carbocycles. The van der Waals surface area contributed by atoms with Crippen LogP contribution in [0.3, 0.4) is 0 Å². The Morgan fingerprint density at radius 1 is 0.714 bits per heavy atom. The van der Waals surface area contributed by atoms with Gasteiger partial charge in [0.25, 0.3) is 0 Å². The molecule has 0 aliphatic rings. The third-order valence-electron chi connectivity index (χ3n) is 2.69. The van der Waals surface area contributed by atoms with Crippen LogP contribution in [0.5, 0.6) is 0 Å². The highest BCUT2D eigenvalue weighted by Crippen LogP contribution is 2.12. The first-order valence-corrected chi connectivity index (χ1v) is 7.01. The van der Waals surface area contributed by atoms with Crippen molar-refractivity contribution in [1.82, 2.24) is 0 Å². The summed E-state index contributed by atoms with van der Waals surface area (Å²) >= 11 is 4.21. The van der Waals surface area contributed by atoms with Gasteiger partial charge in [0.05, 0.1) is 0 Å². The first kappa shape index (κ1) is 14.3. The Balaban J connectivity index is 2.85. The number of thiol groups is 1. The number of unbranched alkanes of at least 4 members (excludes halogenated alkanes) is 7. The van der Waals surface area contributed by atoms with Crippen LogP contribution in [0, 0.1) is 5.92 Å². The van der Waals surface area contributed by atoms with Crippen molar-refractivity contribution in [3.05, 3.63) is 0 Å². The third kappa shape index (κ3) is 12.3. The van der Waals surface area contributed by atoms with Gasteiger partial charge in [-0.25, -0.2) is 0 Å². The molecule has 0 aromatic heterocycles. The van der Waals surface area contributed by atoms with Gasteiger partial charge in [0.1, 0.15) is 0 Å². The molecule has 0 spiro atoms. The standard InChI is InChI=1S/C13H28S/c1-13(2)11-9-7-5-3-4-6-8-10-12-14/h13-14H,3-12H2,1-2H3. The minimum Gasteiger partial charge on any atom is -0.179 e. The second-order valence-corrected chi connectivity index (χ2v) is 5.18. The third-order valence-corrected chi connectivity index (χ3v) is 3.01. The zero-order chi connectivity index (χ0) is 10.6. The van der Waals surface area contributed by atoms with Crippen molar-refractivity contribution in [2.45, 2.75) is 71.6 Å². The minimum atomic E-state index is 0.894. The molecule has 0 N–H and O–H groups in total. The van der Waals surface area contributed by atoms with Crippen molar-refractivity contribution in [3.63, 3.8) is 0 Å². The molecule has 0 aliphatic heterocycles. The van der Waals surface area contributed by atoms with Crippen LogP contribution in [0.25, 0.3) is 0 Å². The van der Waals surface area contributed by atoms with Gasteiger partial charge in [-0.1, -0.05) is 65.2 Å². The minimum absolute atomic E-state index is 0.894. The molecule has 0 bridgehead atoms. The van der Waals surface area contributed by atoms with E-state index in [4.69, 9.17) is 0 Å². The topological polar surface area (TPSA) is 0 Å². The molecule has 0 saturated carbocycles. The van der Waals surface area contributed by atoms with Gasteiger partial charge in [-0.05, 0) is 18.1 Å². The van der Waals surface area contributed by atoms with Gasteiger partial charge in [0, 0.05) is 0 Å². The van der Waals surface area contributed by atoms with E-state index in [1.165, 1.54) is 57.8 Å². The molecule has 0 atom stereocenters. The maximum Gasteiger partial charge on any atom is -0.00979 e. The van der Waals surface area contributed by atoms with Gasteiger partial charge < -0.3 is 0 Å². The zero-order valence-electron chi connectivity index (χ0n) is 10.1. The molecule has 0 nitrogen and oxygen atoms in total. The second kappa shape index (κ2) is 11.4. The fourth-order valence-corrected chi connectivity index (χ4v) is 1.95. The molecular formula is C13H28S. The average Bonchev–Trinajstić information content (AvgIpc) is 2.15. The summed E-state index contributed by atoms with van der Waals surface area (Å²) in [6, 6.07) is 0. The molecule has 0 fully saturated rings. The van der Waals surface area contributed by atoms with E-state index >= 15 is 0 Å². The average molecular weight is 216 g/mol. The molecule has 0 rings (SSSR count). The molecule has 0 saturated heterocycles. The summed E-state index contributed by atoms with van der Waals surface area (Å²) in [5.41, 5.74) is 0.